The molecule has 2 aromatic heterocycles. The van der Waals surface area contributed by atoms with Gasteiger partial charge in [-0.15, -0.1) is 0 Å². The number of amidine groups is 1. The van der Waals surface area contributed by atoms with Crippen molar-refractivity contribution in [3.8, 4) is 0 Å². The minimum atomic E-state index is -0.466. The molecule has 2 aliphatic heterocycles. The molecular weight excluding hydrogens is 342 g/mol. The molecule has 9 nitrogen and oxygen atoms in total. The van der Waals surface area contributed by atoms with E-state index in [1.807, 2.05) is 17.8 Å². The van der Waals surface area contributed by atoms with E-state index < -0.39 is 4.92 Å². The standard InChI is InChI=1S/C15H19N7O2S/c1-15(2)10-17-14(25-15)20-7-5-19(6-8-20)12-4-3-11-16-9-13(22(23)24)21(11)18-12/h3-4,9H,5-8,10H2,1-2H3. The second kappa shape index (κ2) is 5.87. The maximum Gasteiger partial charge on any atom is 0.368 e. The first-order chi connectivity index (χ1) is 11.9. The Kier molecular flexibility index (Phi) is 3.78. The summed E-state index contributed by atoms with van der Waals surface area (Å²) in [6, 6.07) is 3.63. The fraction of sp³-hybridized carbons (Fsp3) is 0.533. The zero-order valence-corrected chi connectivity index (χ0v) is 14.9. The maximum absolute atomic E-state index is 11.1. The summed E-state index contributed by atoms with van der Waals surface area (Å²) in [6.45, 7) is 8.63. The van der Waals surface area contributed by atoms with Gasteiger partial charge in [0.1, 0.15) is 6.20 Å². The Balaban J connectivity index is 1.48. The number of nitro groups is 1. The van der Waals surface area contributed by atoms with Crippen LogP contribution < -0.4 is 4.90 Å². The first-order valence-electron chi connectivity index (χ1n) is 8.15. The van der Waals surface area contributed by atoms with Crippen molar-refractivity contribution in [2.75, 3.05) is 37.6 Å². The molecule has 0 radical (unpaired) electrons. The Morgan fingerprint density at radius 2 is 1.92 bits per heavy atom. The van der Waals surface area contributed by atoms with Gasteiger partial charge in [-0.05, 0) is 24.8 Å². The van der Waals surface area contributed by atoms with Gasteiger partial charge >= 0.3 is 5.82 Å². The van der Waals surface area contributed by atoms with E-state index in [1.165, 1.54) is 10.7 Å². The van der Waals surface area contributed by atoms with Crippen molar-refractivity contribution in [1.29, 1.82) is 0 Å². The Morgan fingerprint density at radius 3 is 2.56 bits per heavy atom. The lowest BCUT2D eigenvalue weighted by Crippen LogP contribution is -2.48. The average molecular weight is 361 g/mol. The number of aromatic nitrogens is 3. The number of imidazole rings is 1. The minimum Gasteiger partial charge on any atom is -0.358 e. The van der Waals surface area contributed by atoms with Gasteiger partial charge in [0.15, 0.2) is 11.0 Å². The topological polar surface area (TPSA) is 92.2 Å². The van der Waals surface area contributed by atoms with E-state index in [-0.39, 0.29) is 10.6 Å². The van der Waals surface area contributed by atoms with Gasteiger partial charge in [-0.2, -0.15) is 0 Å². The average Bonchev–Trinajstić information content (AvgIpc) is 3.17. The molecule has 0 aliphatic carbocycles. The Morgan fingerprint density at radius 1 is 1.20 bits per heavy atom. The summed E-state index contributed by atoms with van der Waals surface area (Å²) in [6.07, 6.45) is 1.24. The van der Waals surface area contributed by atoms with E-state index in [4.69, 9.17) is 0 Å². The highest BCUT2D eigenvalue weighted by molar-refractivity contribution is 8.15. The van der Waals surface area contributed by atoms with Crippen LogP contribution in [0, 0.1) is 10.1 Å². The van der Waals surface area contributed by atoms with E-state index in [1.54, 1.807) is 6.07 Å². The first kappa shape index (κ1) is 16.1. The van der Waals surface area contributed by atoms with Crippen LogP contribution in [0.15, 0.2) is 23.3 Å². The van der Waals surface area contributed by atoms with E-state index in [2.05, 4.69) is 38.7 Å². The second-order valence-electron chi connectivity index (χ2n) is 6.77. The van der Waals surface area contributed by atoms with Crippen molar-refractivity contribution in [3.63, 3.8) is 0 Å². The molecule has 4 rings (SSSR count). The fourth-order valence-corrected chi connectivity index (χ4v) is 4.07. The SMILES string of the molecule is CC1(C)CN=C(N2CCN(c3ccc4ncc([N+](=O)[O-])n4n3)CC2)S1. The molecule has 25 heavy (non-hydrogen) atoms. The molecule has 1 saturated heterocycles. The molecule has 0 bridgehead atoms. The summed E-state index contributed by atoms with van der Waals surface area (Å²) in [5.74, 6) is 0.615. The fourth-order valence-electron chi connectivity index (χ4n) is 3.01. The molecule has 0 N–H and O–H groups in total. The summed E-state index contributed by atoms with van der Waals surface area (Å²) in [5.41, 5.74) is 0.480. The number of piperazine rings is 1. The zero-order valence-electron chi connectivity index (χ0n) is 14.1. The van der Waals surface area contributed by atoms with Crippen molar-refractivity contribution >= 4 is 34.2 Å². The van der Waals surface area contributed by atoms with Crippen LogP contribution in [0.2, 0.25) is 0 Å². The zero-order chi connectivity index (χ0) is 17.6. The van der Waals surface area contributed by atoms with Crippen LogP contribution in [0.3, 0.4) is 0 Å². The van der Waals surface area contributed by atoms with Crippen molar-refractivity contribution in [3.05, 3.63) is 28.4 Å². The van der Waals surface area contributed by atoms with Crippen molar-refractivity contribution in [2.45, 2.75) is 18.6 Å². The summed E-state index contributed by atoms with van der Waals surface area (Å²) in [4.78, 5) is 23.7. The van der Waals surface area contributed by atoms with E-state index in [0.29, 0.717) is 5.65 Å². The molecule has 2 aliphatic rings. The molecule has 0 amide bonds. The molecule has 0 unspecified atom stereocenters. The minimum absolute atomic E-state index is 0.116. The second-order valence-corrected chi connectivity index (χ2v) is 8.44. The number of fused-ring (bicyclic) bond motifs is 1. The van der Waals surface area contributed by atoms with Crippen LogP contribution in [0.4, 0.5) is 11.6 Å². The van der Waals surface area contributed by atoms with Gasteiger partial charge in [0.25, 0.3) is 0 Å². The van der Waals surface area contributed by atoms with E-state index in [9.17, 15) is 10.1 Å². The molecule has 0 saturated carbocycles. The van der Waals surface area contributed by atoms with Gasteiger partial charge in [-0.3, -0.25) is 4.99 Å². The van der Waals surface area contributed by atoms with E-state index in [0.717, 1.165) is 43.7 Å². The van der Waals surface area contributed by atoms with Crippen LogP contribution in [-0.4, -0.2) is 67.1 Å². The number of thioether (sulfide) groups is 1. The number of rotatable bonds is 2. The Labute approximate surface area is 148 Å². The molecule has 0 atom stereocenters. The number of hydrogen-bond acceptors (Lipinski definition) is 8. The van der Waals surface area contributed by atoms with Crippen LogP contribution in [0.1, 0.15) is 13.8 Å². The number of anilines is 1. The van der Waals surface area contributed by atoms with Gasteiger partial charge < -0.3 is 19.9 Å². The molecular formula is C15H19N7O2S. The maximum atomic E-state index is 11.1. The van der Waals surface area contributed by atoms with Crippen LogP contribution in [0.25, 0.3) is 5.65 Å². The lowest BCUT2D eigenvalue weighted by Gasteiger charge is -2.36. The third kappa shape index (κ3) is 3.01. The van der Waals surface area contributed by atoms with Gasteiger partial charge in [0.2, 0.25) is 5.65 Å². The predicted octanol–water partition coefficient (Wildman–Crippen LogP) is 1.64. The quantitative estimate of drug-likeness (QED) is 0.593. The highest BCUT2D eigenvalue weighted by atomic mass is 32.2. The highest BCUT2D eigenvalue weighted by Gasteiger charge is 2.32. The Bertz CT molecular complexity index is 855. The molecule has 0 aromatic carbocycles. The Hall–Kier alpha value is -2.36. The molecule has 1 fully saturated rings. The number of aliphatic imine (C=N–C) groups is 1. The summed E-state index contributed by atoms with van der Waals surface area (Å²) in [7, 11) is 0. The molecule has 4 heterocycles. The normalized spacial score (nSPS) is 20.2. The lowest BCUT2D eigenvalue weighted by molar-refractivity contribution is -0.391. The molecule has 0 spiro atoms. The first-order valence-corrected chi connectivity index (χ1v) is 8.97. The number of hydrogen-bond donors (Lipinski definition) is 0. The summed E-state index contributed by atoms with van der Waals surface area (Å²) >= 11 is 1.83. The van der Waals surface area contributed by atoms with Crippen molar-refractivity contribution < 1.29 is 4.92 Å². The lowest BCUT2D eigenvalue weighted by atomic mass is 10.2. The van der Waals surface area contributed by atoms with Crippen molar-refractivity contribution in [2.24, 2.45) is 4.99 Å². The molecule has 132 valence electrons. The van der Waals surface area contributed by atoms with Crippen LogP contribution in [0.5, 0.6) is 0 Å². The van der Waals surface area contributed by atoms with E-state index >= 15 is 0 Å². The smallest absolute Gasteiger partial charge is 0.358 e. The third-order valence-electron chi connectivity index (χ3n) is 4.35. The highest BCUT2D eigenvalue weighted by Crippen LogP contribution is 2.33. The van der Waals surface area contributed by atoms with Crippen LogP contribution >= 0.6 is 11.8 Å². The number of nitrogens with zero attached hydrogens (tertiary/aromatic N) is 7. The largest absolute Gasteiger partial charge is 0.368 e. The predicted molar refractivity (Wildman–Crippen MR) is 97.4 cm³/mol. The van der Waals surface area contributed by atoms with Gasteiger partial charge in [-0.25, -0.2) is 4.98 Å². The molecule has 10 heteroatoms. The monoisotopic (exact) mass is 361 g/mol. The van der Waals surface area contributed by atoms with Gasteiger partial charge in [0.05, 0.1) is 6.54 Å². The summed E-state index contributed by atoms with van der Waals surface area (Å²) in [5, 5.41) is 16.6. The van der Waals surface area contributed by atoms with Gasteiger partial charge in [-0.1, -0.05) is 21.4 Å². The van der Waals surface area contributed by atoms with Crippen molar-refractivity contribution in [1.82, 2.24) is 19.5 Å². The van der Waals surface area contributed by atoms with Gasteiger partial charge in [0, 0.05) is 37.0 Å². The molecule has 2 aromatic rings. The summed E-state index contributed by atoms with van der Waals surface area (Å²) < 4.78 is 1.47. The third-order valence-corrected chi connectivity index (χ3v) is 5.61. The van der Waals surface area contributed by atoms with Crippen LogP contribution in [-0.2, 0) is 0 Å².